The molecule has 0 aromatic carbocycles. The quantitative estimate of drug-likeness (QED) is 0.574. The zero-order valence-electron chi connectivity index (χ0n) is 18.0. The summed E-state index contributed by atoms with van der Waals surface area (Å²) in [6, 6.07) is 5.77. The molecule has 0 bridgehead atoms. The van der Waals surface area contributed by atoms with Gasteiger partial charge in [0.1, 0.15) is 12.0 Å². The number of hydrogen-bond donors (Lipinski definition) is 1. The molecule has 180 valence electrons. The van der Waals surface area contributed by atoms with E-state index in [1.54, 1.807) is 24.8 Å². The van der Waals surface area contributed by atoms with E-state index in [-0.39, 0.29) is 5.41 Å². The Hall–Kier alpha value is -3.41. The summed E-state index contributed by atoms with van der Waals surface area (Å²) in [7, 11) is 0. The Kier molecular flexibility index (Phi) is 7.15. The van der Waals surface area contributed by atoms with E-state index in [2.05, 4.69) is 30.1 Å². The highest BCUT2D eigenvalue weighted by Crippen LogP contribution is 2.41. The lowest BCUT2D eigenvalue weighted by atomic mass is 9.76. The van der Waals surface area contributed by atoms with Gasteiger partial charge >= 0.3 is 12.4 Å². The van der Waals surface area contributed by atoms with Crippen LogP contribution >= 0.6 is 0 Å². The van der Waals surface area contributed by atoms with Crippen LogP contribution in [-0.2, 0) is 9.74 Å². The van der Waals surface area contributed by atoms with Crippen LogP contribution in [0.1, 0.15) is 12.8 Å². The molecule has 2 aliphatic heterocycles. The van der Waals surface area contributed by atoms with E-state index >= 15 is 0 Å². The summed E-state index contributed by atoms with van der Waals surface area (Å²) in [5, 5.41) is 4.20. The van der Waals surface area contributed by atoms with E-state index in [9.17, 15) is 17.7 Å². The third-order valence-corrected chi connectivity index (χ3v) is 6.20. The van der Waals surface area contributed by atoms with Crippen molar-refractivity contribution >= 4 is 22.7 Å². The van der Waals surface area contributed by atoms with Crippen LogP contribution in [0.15, 0.2) is 43.0 Å². The molecular weight excluding hydrogens is 456 g/mol. The smallest absolute Gasteiger partial charge is 0.356 e. The van der Waals surface area contributed by atoms with Gasteiger partial charge in [-0.3, -0.25) is 9.97 Å². The molecule has 12 heteroatoms. The van der Waals surface area contributed by atoms with Crippen molar-refractivity contribution in [2.24, 2.45) is 5.41 Å². The van der Waals surface area contributed by atoms with Gasteiger partial charge in [0.25, 0.3) is 0 Å². The predicted octanol–water partition coefficient (Wildman–Crippen LogP) is 3.29. The first-order valence-electron chi connectivity index (χ1n) is 10.7. The number of hydrogen-bond acceptors (Lipinski definition) is 8. The first-order chi connectivity index (χ1) is 16.4. The summed E-state index contributed by atoms with van der Waals surface area (Å²) >= 11 is 0. The fraction of sp³-hybridized carbons (Fsp3) is 0.409. The van der Waals surface area contributed by atoms with Crippen molar-refractivity contribution in [1.82, 2.24) is 25.3 Å². The number of fused-ring (bicyclic) bond motifs is 1. The fourth-order valence-corrected chi connectivity index (χ4v) is 4.30. The van der Waals surface area contributed by atoms with Gasteiger partial charge in [-0.25, -0.2) is 24.1 Å². The zero-order valence-corrected chi connectivity index (χ0v) is 18.0. The second-order valence-corrected chi connectivity index (χ2v) is 8.14. The molecule has 0 amide bonds. The maximum absolute atomic E-state index is 14.4. The molecule has 0 radical (unpaired) electrons. The fourth-order valence-electron chi connectivity index (χ4n) is 4.30. The SMILES string of the molecule is F[C@@H]1CNCC12CCN(c1nc(-c3ccncc3)nc3cnccc13)CC2.O=C(OF)C(F)F. The molecule has 5 rings (SSSR count). The lowest BCUT2D eigenvalue weighted by Crippen LogP contribution is -2.45. The van der Waals surface area contributed by atoms with Crippen molar-refractivity contribution in [2.75, 3.05) is 31.1 Å². The summed E-state index contributed by atoms with van der Waals surface area (Å²) in [6.07, 6.45) is 4.57. The number of pyridine rings is 2. The molecule has 5 heterocycles. The predicted molar refractivity (Wildman–Crippen MR) is 115 cm³/mol. The van der Waals surface area contributed by atoms with Gasteiger partial charge in [0.05, 0.1) is 11.7 Å². The third kappa shape index (κ3) is 4.91. The number of carbonyl (C=O) groups is 1. The van der Waals surface area contributed by atoms with E-state index in [0.29, 0.717) is 12.4 Å². The van der Waals surface area contributed by atoms with E-state index in [4.69, 9.17) is 9.78 Å². The normalized spacial score (nSPS) is 19.2. The number of anilines is 1. The average Bonchev–Trinajstić information content (AvgIpc) is 3.23. The maximum atomic E-state index is 14.4. The summed E-state index contributed by atoms with van der Waals surface area (Å²) < 4.78 is 46.1. The molecular formula is C22H22F4N6O2. The van der Waals surface area contributed by atoms with Crippen LogP contribution in [0, 0.1) is 5.41 Å². The molecule has 1 spiro atoms. The topological polar surface area (TPSA) is 93.1 Å². The number of carbonyl (C=O) groups excluding carboxylic acids is 1. The van der Waals surface area contributed by atoms with Crippen LogP contribution in [0.4, 0.5) is 23.5 Å². The summed E-state index contributed by atoms with van der Waals surface area (Å²) in [6.45, 7) is 2.85. The minimum atomic E-state index is -3.37. The monoisotopic (exact) mass is 478 g/mol. The van der Waals surface area contributed by atoms with Crippen LogP contribution in [-0.4, -0.2) is 64.7 Å². The van der Waals surface area contributed by atoms with Crippen molar-refractivity contribution < 1.29 is 27.4 Å². The van der Waals surface area contributed by atoms with Gasteiger partial charge in [-0.1, -0.05) is 0 Å². The molecule has 1 N–H and O–H groups in total. The van der Waals surface area contributed by atoms with Crippen LogP contribution in [0.5, 0.6) is 0 Å². The van der Waals surface area contributed by atoms with E-state index in [0.717, 1.165) is 54.8 Å². The first-order valence-corrected chi connectivity index (χ1v) is 10.7. The van der Waals surface area contributed by atoms with Crippen molar-refractivity contribution in [3.05, 3.63) is 43.0 Å². The second kappa shape index (κ2) is 10.2. The van der Waals surface area contributed by atoms with Gasteiger partial charge in [0.15, 0.2) is 5.82 Å². The van der Waals surface area contributed by atoms with Gasteiger partial charge in [-0.15, -0.1) is 0 Å². The molecule has 2 fully saturated rings. The van der Waals surface area contributed by atoms with Gasteiger partial charge < -0.3 is 10.2 Å². The average molecular weight is 478 g/mol. The van der Waals surface area contributed by atoms with Crippen LogP contribution in [0.3, 0.4) is 0 Å². The highest BCUT2D eigenvalue weighted by molar-refractivity contribution is 5.90. The van der Waals surface area contributed by atoms with Crippen molar-refractivity contribution in [3.8, 4) is 11.4 Å². The molecule has 34 heavy (non-hydrogen) atoms. The molecule has 1 atom stereocenters. The number of nitrogens with zero attached hydrogens (tertiary/aromatic N) is 5. The number of halogens is 4. The van der Waals surface area contributed by atoms with Gasteiger partial charge in [0.2, 0.25) is 0 Å². The Morgan fingerprint density at radius 3 is 2.41 bits per heavy atom. The molecule has 2 saturated heterocycles. The zero-order chi connectivity index (χ0) is 24.1. The van der Waals surface area contributed by atoms with Crippen molar-refractivity contribution in [1.29, 1.82) is 0 Å². The summed E-state index contributed by atoms with van der Waals surface area (Å²) in [5.74, 6) is -0.579. The van der Waals surface area contributed by atoms with E-state index in [1.807, 2.05) is 18.2 Å². The Bertz CT molecular complexity index is 1130. The minimum Gasteiger partial charge on any atom is -0.356 e. The Morgan fingerprint density at radius 2 is 1.82 bits per heavy atom. The molecule has 8 nitrogen and oxygen atoms in total. The molecule has 0 unspecified atom stereocenters. The molecule has 0 saturated carbocycles. The largest absolute Gasteiger partial charge is 0.414 e. The Labute approximate surface area is 192 Å². The van der Waals surface area contributed by atoms with E-state index < -0.39 is 18.6 Å². The van der Waals surface area contributed by atoms with Crippen molar-refractivity contribution in [2.45, 2.75) is 25.4 Å². The van der Waals surface area contributed by atoms with Crippen LogP contribution in [0.2, 0.25) is 0 Å². The Balaban J connectivity index is 0.000000344. The van der Waals surface area contributed by atoms with Crippen molar-refractivity contribution in [3.63, 3.8) is 0 Å². The summed E-state index contributed by atoms with van der Waals surface area (Å²) in [5.41, 5.74) is 1.53. The third-order valence-electron chi connectivity index (χ3n) is 6.20. The molecule has 0 aliphatic carbocycles. The number of rotatable bonds is 3. The molecule has 3 aromatic rings. The standard InChI is InChI=1S/C20H21FN6.C2HF3O2/c21-17-12-24-13-20(17)4-9-27(10-5-20)19-15-3-8-23-11-16(15)25-18(26-19)14-1-6-22-7-2-14;3-1(4)2(6)7-5/h1-3,6-8,11,17,24H,4-5,9-10,12-13H2;1H/t17-;/m1./s1. The Morgan fingerprint density at radius 1 is 1.12 bits per heavy atom. The maximum Gasteiger partial charge on any atom is 0.414 e. The lowest BCUT2D eigenvalue weighted by Gasteiger charge is -2.40. The first kappa shape index (κ1) is 23.7. The summed E-state index contributed by atoms with van der Waals surface area (Å²) in [4.78, 5) is 31.4. The molecule has 3 aromatic heterocycles. The lowest BCUT2D eigenvalue weighted by molar-refractivity contribution is -0.196. The second-order valence-electron chi connectivity index (χ2n) is 8.14. The van der Waals surface area contributed by atoms with Crippen LogP contribution in [0.25, 0.3) is 22.3 Å². The highest BCUT2D eigenvalue weighted by atomic mass is 19.3. The van der Waals surface area contributed by atoms with Gasteiger partial charge in [-0.2, -0.15) is 8.78 Å². The number of piperidine rings is 1. The van der Waals surface area contributed by atoms with Gasteiger partial charge in [0, 0.05) is 65.7 Å². The highest BCUT2D eigenvalue weighted by Gasteiger charge is 2.45. The molecule has 2 aliphatic rings. The number of nitrogens with one attached hydrogen (secondary N) is 1. The number of aromatic nitrogens is 4. The number of alkyl halides is 3. The van der Waals surface area contributed by atoms with Crippen LogP contribution < -0.4 is 10.2 Å². The minimum absolute atomic E-state index is 0.213. The van der Waals surface area contributed by atoms with E-state index in [1.165, 1.54) is 0 Å². The van der Waals surface area contributed by atoms with Gasteiger partial charge in [-0.05, 0) is 31.0 Å².